The van der Waals surface area contributed by atoms with Crippen molar-refractivity contribution in [2.75, 3.05) is 20.7 Å². The molecule has 1 rings (SSSR count). The molecule has 0 radical (unpaired) electrons. The first kappa shape index (κ1) is 13.5. The van der Waals surface area contributed by atoms with Crippen molar-refractivity contribution >= 4 is 5.91 Å². The predicted octanol–water partition coefficient (Wildman–Crippen LogP) is 1.56. The van der Waals surface area contributed by atoms with E-state index in [1.165, 1.54) is 0 Å². The molecule has 0 bridgehead atoms. The molecule has 17 heavy (non-hydrogen) atoms. The van der Waals surface area contributed by atoms with Crippen LogP contribution in [0.5, 0.6) is 5.75 Å². The maximum absolute atomic E-state index is 11.6. The van der Waals surface area contributed by atoms with Crippen molar-refractivity contribution < 1.29 is 9.53 Å². The molecule has 0 aliphatic rings. The van der Waals surface area contributed by atoms with Gasteiger partial charge in [-0.25, -0.2) is 0 Å². The van der Waals surface area contributed by atoms with Crippen molar-refractivity contribution in [2.45, 2.75) is 19.4 Å². The second-order valence-electron chi connectivity index (χ2n) is 4.07. The maximum atomic E-state index is 11.6. The third kappa shape index (κ3) is 3.75. The molecule has 0 saturated carbocycles. The summed E-state index contributed by atoms with van der Waals surface area (Å²) in [5.41, 5.74) is 6.92. The average molecular weight is 236 g/mol. The summed E-state index contributed by atoms with van der Waals surface area (Å²) in [6.45, 7) is 2.51. The van der Waals surface area contributed by atoms with E-state index >= 15 is 0 Å². The normalized spacial score (nSPS) is 12.0. The first-order chi connectivity index (χ1) is 8.06. The average Bonchev–Trinajstić information content (AvgIpc) is 2.29. The van der Waals surface area contributed by atoms with E-state index in [4.69, 9.17) is 10.5 Å². The summed E-state index contributed by atoms with van der Waals surface area (Å²) in [6.07, 6.45) is 0.289. The van der Waals surface area contributed by atoms with Crippen molar-refractivity contribution in [3.63, 3.8) is 0 Å². The molecule has 94 valence electrons. The van der Waals surface area contributed by atoms with Crippen molar-refractivity contribution in [1.82, 2.24) is 4.90 Å². The first-order valence-electron chi connectivity index (χ1n) is 5.73. The zero-order chi connectivity index (χ0) is 12.8. The van der Waals surface area contributed by atoms with Crippen LogP contribution in [0.15, 0.2) is 24.3 Å². The number of benzene rings is 1. The van der Waals surface area contributed by atoms with Gasteiger partial charge in [-0.1, -0.05) is 18.2 Å². The lowest BCUT2D eigenvalue weighted by atomic mass is 10.0. The smallest absolute Gasteiger partial charge is 0.223 e. The van der Waals surface area contributed by atoms with E-state index in [0.717, 1.165) is 11.3 Å². The van der Waals surface area contributed by atoms with Crippen LogP contribution in [0, 0.1) is 0 Å². The van der Waals surface area contributed by atoms with E-state index in [1.54, 1.807) is 19.0 Å². The number of carbonyl (C=O) groups excluding carboxylic acids is 1. The maximum Gasteiger partial charge on any atom is 0.223 e. The third-order valence-corrected chi connectivity index (χ3v) is 2.51. The van der Waals surface area contributed by atoms with Crippen LogP contribution in [0.2, 0.25) is 0 Å². The lowest BCUT2D eigenvalue weighted by Gasteiger charge is -2.18. The molecule has 0 saturated heterocycles. The lowest BCUT2D eigenvalue weighted by Crippen LogP contribution is -2.26. The number of nitrogens with two attached hydrogens (primary N) is 1. The molecule has 2 N–H and O–H groups in total. The number of nitrogens with zero attached hydrogens (tertiary/aromatic N) is 1. The van der Waals surface area contributed by atoms with E-state index in [9.17, 15) is 4.79 Å². The van der Waals surface area contributed by atoms with Gasteiger partial charge in [0.1, 0.15) is 5.75 Å². The quantitative estimate of drug-likeness (QED) is 0.844. The van der Waals surface area contributed by atoms with Crippen molar-refractivity contribution in [1.29, 1.82) is 0 Å². The third-order valence-electron chi connectivity index (χ3n) is 2.51. The van der Waals surface area contributed by atoms with Crippen LogP contribution in [0.1, 0.15) is 24.9 Å². The Morgan fingerprint density at radius 1 is 1.41 bits per heavy atom. The van der Waals surface area contributed by atoms with Crippen molar-refractivity contribution in [3.8, 4) is 5.75 Å². The van der Waals surface area contributed by atoms with Crippen LogP contribution in [0.25, 0.3) is 0 Å². The SMILES string of the molecule is CCOc1ccccc1C(N)CC(=O)N(C)C. The van der Waals surface area contributed by atoms with E-state index in [0.29, 0.717) is 6.61 Å². The van der Waals surface area contributed by atoms with Crippen molar-refractivity contribution in [2.24, 2.45) is 5.73 Å². The fourth-order valence-electron chi connectivity index (χ4n) is 1.55. The molecule has 0 spiro atoms. The molecule has 1 atom stereocenters. The fourth-order valence-corrected chi connectivity index (χ4v) is 1.55. The van der Waals surface area contributed by atoms with Gasteiger partial charge in [0, 0.05) is 32.1 Å². The van der Waals surface area contributed by atoms with Crippen LogP contribution in [-0.2, 0) is 4.79 Å². The summed E-state index contributed by atoms with van der Waals surface area (Å²) in [5, 5.41) is 0. The molecule has 1 amide bonds. The molecule has 1 aromatic carbocycles. The van der Waals surface area contributed by atoms with Crippen molar-refractivity contribution in [3.05, 3.63) is 29.8 Å². The number of hydrogen-bond donors (Lipinski definition) is 1. The summed E-state index contributed by atoms with van der Waals surface area (Å²) in [5.74, 6) is 0.776. The number of amides is 1. The predicted molar refractivity (Wildman–Crippen MR) is 67.9 cm³/mol. The Labute approximate surface area is 102 Å². The fraction of sp³-hybridized carbons (Fsp3) is 0.462. The van der Waals surface area contributed by atoms with Gasteiger partial charge >= 0.3 is 0 Å². The minimum Gasteiger partial charge on any atom is -0.494 e. The number of para-hydroxylation sites is 1. The van der Waals surface area contributed by atoms with Gasteiger partial charge in [-0.05, 0) is 13.0 Å². The molecular weight excluding hydrogens is 216 g/mol. The van der Waals surface area contributed by atoms with Gasteiger partial charge < -0.3 is 15.4 Å². The summed E-state index contributed by atoms with van der Waals surface area (Å²) >= 11 is 0. The molecule has 0 aliphatic carbocycles. The molecule has 1 unspecified atom stereocenters. The summed E-state index contributed by atoms with van der Waals surface area (Å²) in [4.78, 5) is 13.1. The number of ether oxygens (including phenoxy) is 1. The first-order valence-corrected chi connectivity index (χ1v) is 5.73. The summed E-state index contributed by atoms with van der Waals surface area (Å²) in [6, 6.07) is 7.25. The zero-order valence-electron chi connectivity index (χ0n) is 10.6. The molecule has 0 heterocycles. The van der Waals surface area contributed by atoms with Gasteiger partial charge in [0.05, 0.1) is 6.61 Å². The highest BCUT2D eigenvalue weighted by molar-refractivity contribution is 5.76. The molecule has 0 aromatic heterocycles. The van der Waals surface area contributed by atoms with Crippen LogP contribution >= 0.6 is 0 Å². The van der Waals surface area contributed by atoms with Gasteiger partial charge in [-0.3, -0.25) is 4.79 Å². The largest absolute Gasteiger partial charge is 0.494 e. The number of carbonyl (C=O) groups is 1. The topological polar surface area (TPSA) is 55.6 Å². The highest BCUT2D eigenvalue weighted by Gasteiger charge is 2.16. The molecule has 4 nitrogen and oxygen atoms in total. The van der Waals surface area contributed by atoms with Gasteiger partial charge in [-0.15, -0.1) is 0 Å². The Morgan fingerprint density at radius 2 is 2.06 bits per heavy atom. The van der Waals surface area contributed by atoms with Crippen LogP contribution in [0.4, 0.5) is 0 Å². The molecule has 1 aromatic rings. The van der Waals surface area contributed by atoms with E-state index < -0.39 is 0 Å². The minimum absolute atomic E-state index is 0.0174. The molecule has 4 heteroatoms. The Bertz CT molecular complexity index is 377. The van der Waals surface area contributed by atoms with Crippen LogP contribution < -0.4 is 10.5 Å². The van der Waals surface area contributed by atoms with Crippen LogP contribution in [0.3, 0.4) is 0 Å². The highest BCUT2D eigenvalue weighted by atomic mass is 16.5. The molecular formula is C13H20N2O2. The lowest BCUT2D eigenvalue weighted by molar-refractivity contribution is -0.129. The van der Waals surface area contributed by atoms with Crippen LogP contribution in [-0.4, -0.2) is 31.5 Å². The van der Waals surface area contributed by atoms with E-state index in [-0.39, 0.29) is 18.4 Å². The molecule has 0 fully saturated rings. The van der Waals surface area contributed by atoms with E-state index in [2.05, 4.69) is 0 Å². The highest BCUT2D eigenvalue weighted by Crippen LogP contribution is 2.25. The molecule has 0 aliphatic heterocycles. The summed E-state index contributed by atoms with van der Waals surface area (Å²) in [7, 11) is 3.45. The number of hydrogen-bond acceptors (Lipinski definition) is 3. The van der Waals surface area contributed by atoms with E-state index in [1.807, 2.05) is 31.2 Å². The number of rotatable bonds is 5. The van der Waals surface area contributed by atoms with Gasteiger partial charge in [0.25, 0.3) is 0 Å². The minimum atomic E-state index is -0.326. The Morgan fingerprint density at radius 3 is 2.65 bits per heavy atom. The second kappa shape index (κ2) is 6.25. The second-order valence-corrected chi connectivity index (χ2v) is 4.07. The Kier molecular flexibility index (Phi) is 4.97. The van der Waals surface area contributed by atoms with Gasteiger partial charge in [0.2, 0.25) is 5.91 Å². The summed E-state index contributed by atoms with van der Waals surface area (Å²) < 4.78 is 5.50. The Hall–Kier alpha value is -1.55. The van der Waals surface area contributed by atoms with Gasteiger partial charge in [-0.2, -0.15) is 0 Å². The Balaban J connectivity index is 2.80. The monoisotopic (exact) mass is 236 g/mol. The standard InChI is InChI=1S/C13H20N2O2/c1-4-17-12-8-6-5-7-10(12)11(14)9-13(16)15(2)3/h5-8,11H,4,9,14H2,1-3H3. The van der Waals surface area contributed by atoms with Gasteiger partial charge in [0.15, 0.2) is 0 Å². The zero-order valence-corrected chi connectivity index (χ0v) is 10.6.